The molecule has 2 aliphatic carbocycles. The van der Waals surface area contributed by atoms with Crippen LogP contribution in [-0.2, 0) is 0 Å². The van der Waals surface area contributed by atoms with Gasteiger partial charge in [0.05, 0.1) is 0 Å². The van der Waals surface area contributed by atoms with Crippen LogP contribution in [0.4, 0.5) is 0 Å². The van der Waals surface area contributed by atoms with Crippen molar-refractivity contribution < 1.29 is 0 Å². The molecule has 88 valence electrons. The van der Waals surface area contributed by atoms with Crippen LogP contribution in [0.3, 0.4) is 0 Å². The van der Waals surface area contributed by atoms with Crippen molar-refractivity contribution in [2.24, 2.45) is 41.4 Å². The van der Waals surface area contributed by atoms with Crippen LogP contribution >= 0.6 is 0 Å². The first kappa shape index (κ1) is 11.5. The summed E-state index contributed by atoms with van der Waals surface area (Å²) in [6.07, 6.45) is 4.46. The van der Waals surface area contributed by atoms with E-state index in [1.165, 1.54) is 19.3 Å². The normalized spacial score (nSPS) is 45.6. The predicted molar refractivity (Wildman–Crippen MR) is 66.7 cm³/mol. The molecule has 2 saturated carbocycles. The third kappa shape index (κ3) is 2.24. The monoisotopic (exact) mass is 208 g/mol. The molecule has 0 aliphatic heterocycles. The van der Waals surface area contributed by atoms with Crippen LogP contribution in [0.25, 0.3) is 0 Å². The quantitative estimate of drug-likeness (QED) is 0.619. The Morgan fingerprint density at radius 1 is 1.20 bits per heavy atom. The molecule has 2 fully saturated rings. The predicted octanol–water partition coefficient (Wildman–Crippen LogP) is 4.60. The molecule has 2 rings (SSSR count). The minimum Gasteiger partial charge on any atom is -0.0651 e. The van der Waals surface area contributed by atoms with E-state index < -0.39 is 0 Å². The molecule has 0 saturated heterocycles. The van der Waals surface area contributed by atoms with Crippen molar-refractivity contribution >= 4 is 0 Å². The Labute approximate surface area is 95.8 Å². The SMILES string of the molecule is CCC1C(C)C1C(C)CC1CC1C(C)C. The second kappa shape index (κ2) is 4.11. The zero-order chi connectivity index (χ0) is 11.2. The van der Waals surface area contributed by atoms with E-state index in [0.29, 0.717) is 0 Å². The Morgan fingerprint density at radius 3 is 2.27 bits per heavy atom. The maximum absolute atomic E-state index is 2.51. The molecule has 6 atom stereocenters. The molecule has 0 radical (unpaired) electrons. The van der Waals surface area contributed by atoms with Gasteiger partial charge in [-0.1, -0.05) is 41.0 Å². The van der Waals surface area contributed by atoms with Crippen molar-refractivity contribution in [3.8, 4) is 0 Å². The third-order valence-electron chi connectivity index (χ3n) is 5.27. The van der Waals surface area contributed by atoms with Crippen molar-refractivity contribution in [3.63, 3.8) is 0 Å². The van der Waals surface area contributed by atoms with E-state index in [9.17, 15) is 0 Å². The molecule has 6 unspecified atom stereocenters. The van der Waals surface area contributed by atoms with Gasteiger partial charge >= 0.3 is 0 Å². The molecule has 0 heteroatoms. The first-order valence-electron chi connectivity index (χ1n) is 7.06. The summed E-state index contributed by atoms with van der Waals surface area (Å²) in [4.78, 5) is 0. The largest absolute Gasteiger partial charge is 0.0651 e. The maximum atomic E-state index is 2.51. The lowest BCUT2D eigenvalue weighted by molar-refractivity contribution is 0.380. The van der Waals surface area contributed by atoms with Gasteiger partial charge in [-0.25, -0.2) is 0 Å². The van der Waals surface area contributed by atoms with Gasteiger partial charge in [0, 0.05) is 0 Å². The van der Waals surface area contributed by atoms with Crippen molar-refractivity contribution in [1.82, 2.24) is 0 Å². The first-order chi connectivity index (χ1) is 7.06. The fourth-order valence-electron chi connectivity index (χ4n) is 4.16. The van der Waals surface area contributed by atoms with Gasteiger partial charge in [-0.05, 0) is 54.3 Å². The van der Waals surface area contributed by atoms with Crippen LogP contribution in [0.2, 0.25) is 0 Å². The van der Waals surface area contributed by atoms with Crippen LogP contribution in [0, 0.1) is 41.4 Å². The fraction of sp³-hybridized carbons (Fsp3) is 1.00. The van der Waals surface area contributed by atoms with E-state index >= 15 is 0 Å². The highest BCUT2D eigenvalue weighted by Crippen LogP contribution is 2.57. The van der Waals surface area contributed by atoms with Crippen LogP contribution in [0.15, 0.2) is 0 Å². The summed E-state index contributed by atoms with van der Waals surface area (Å²) in [5, 5.41) is 0. The van der Waals surface area contributed by atoms with Crippen molar-refractivity contribution in [1.29, 1.82) is 0 Å². The van der Waals surface area contributed by atoms with Gasteiger partial charge in [-0.15, -0.1) is 0 Å². The molecule has 0 bridgehead atoms. The molecule has 0 aromatic carbocycles. The number of hydrogen-bond acceptors (Lipinski definition) is 0. The van der Waals surface area contributed by atoms with Gasteiger partial charge in [0.15, 0.2) is 0 Å². The molecular formula is C15H28. The van der Waals surface area contributed by atoms with E-state index in [4.69, 9.17) is 0 Å². The van der Waals surface area contributed by atoms with Gasteiger partial charge in [0.2, 0.25) is 0 Å². The zero-order valence-corrected chi connectivity index (χ0v) is 11.2. The zero-order valence-electron chi connectivity index (χ0n) is 11.2. The minimum atomic E-state index is 0.931. The third-order valence-corrected chi connectivity index (χ3v) is 5.27. The Hall–Kier alpha value is 0. The molecule has 15 heavy (non-hydrogen) atoms. The van der Waals surface area contributed by atoms with Crippen LogP contribution in [0.1, 0.15) is 53.9 Å². The lowest BCUT2D eigenvalue weighted by Crippen LogP contribution is -2.03. The van der Waals surface area contributed by atoms with Gasteiger partial charge in [-0.2, -0.15) is 0 Å². The lowest BCUT2D eigenvalue weighted by atomic mass is 9.94. The summed E-state index contributed by atoms with van der Waals surface area (Å²) in [7, 11) is 0. The van der Waals surface area contributed by atoms with Crippen LogP contribution in [-0.4, -0.2) is 0 Å². The van der Waals surface area contributed by atoms with Crippen molar-refractivity contribution in [2.45, 2.75) is 53.9 Å². The maximum Gasteiger partial charge on any atom is -0.0329 e. The van der Waals surface area contributed by atoms with E-state index in [-0.39, 0.29) is 0 Å². The van der Waals surface area contributed by atoms with Gasteiger partial charge in [-0.3, -0.25) is 0 Å². The molecule has 0 aromatic rings. The van der Waals surface area contributed by atoms with Crippen molar-refractivity contribution in [2.75, 3.05) is 0 Å². The number of rotatable bonds is 5. The van der Waals surface area contributed by atoms with E-state index in [1.54, 1.807) is 0 Å². The average Bonchev–Trinajstić information content (AvgIpc) is 3.01. The van der Waals surface area contributed by atoms with Crippen molar-refractivity contribution in [3.05, 3.63) is 0 Å². The van der Waals surface area contributed by atoms with E-state index in [0.717, 1.165) is 41.4 Å². The molecule has 0 spiro atoms. The van der Waals surface area contributed by atoms with E-state index in [1.807, 2.05) is 0 Å². The number of hydrogen-bond donors (Lipinski definition) is 0. The summed E-state index contributed by atoms with van der Waals surface area (Å²) >= 11 is 0. The highest BCUT2D eigenvalue weighted by atomic mass is 14.5. The lowest BCUT2D eigenvalue weighted by Gasteiger charge is -2.11. The van der Waals surface area contributed by atoms with Crippen LogP contribution in [0.5, 0.6) is 0 Å². The second-order valence-corrected chi connectivity index (χ2v) is 6.63. The Morgan fingerprint density at radius 2 is 1.87 bits per heavy atom. The molecule has 0 heterocycles. The Balaban J connectivity index is 1.73. The Kier molecular flexibility index (Phi) is 3.14. The molecular weight excluding hydrogens is 180 g/mol. The Bertz CT molecular complexity index is 218. The average molecular weight is 208 g/mol. The highest BCUT2D eigenvalue weighted by Gasteiger charge is 2.50. The molecule has 0 amide bonds. The second-order valence-electron chi connectivity index (χ2n) is 6.63. The van der Waals surface area contributed by atoms with Gasteiger partial charge in [0.1, 0.15) is 0 Å². The summed E-state index contributed by atoms with van der Waals surface area (Å²) in [5.74, 6) is 7.26. The minimum absolute atomic E-state index is 0.931. The standard InChI is InChI=1S/C15H28/c1-6-13-11(5)15(13)10(4)7-12-8-14(12)9(2)3/h9-15H,6-8H2,1-5H3. The molecule has 0 aromatic heterocycles. The fourth-order valence-corrected chi connectivity index (χ4v) is 4.16. The summed E-state index contributed by atoms with van der Waals surface area (Å²) in [6.45, 7) is 12.1. The smallest absolute Gasteiger partial charge is 0.0329 e. The highest BCUT2D eigenvalue weighted by molar-refractivity contribution is 4.98. The summed E-state index contributed by atoms with van der Waals surface area (Å²) in [5.41, 5.74) is 0. The molecule has 2 aliphatic rings. The molecule has 0 N–H and O–H groups in total. The first-order valence-corrected chi connectivity index (χ1v) is 7.06. The molecule has 0 nitrogen and oxygen atoms in total. The van der Waals surface area contributed by atoms with Crippen LogP contribution < -0.4 is 0 Å². The van der Waals surface area contributed by atoms with Gasteiger partial charge in [0.25, 0.3) is 0 Å². The van der Waals surface area contributed by atoms with Gasteiger partial charge < -0.3 is 0 Å². The topological polar surface area (TPSA) is 0 Å². The summed E-state index contributed by atoms with van der Waals surface area (Å²) < 4.78 is 0. The summed E-state index contributed by atoms with van der Waals surface area (Å²) in [6, 6.07) is 0. The van der Waals surface area contributed by atoms with E-state index in [2.05, 4.69) is 34.6 Å².